The molecule has 3 fully saturated rings. The highest BCUT2D eigenvalue weighted by Gasteiger charge is 2.62. The Labute approximate surface area is 249 Å². The summed E-state index contributed by atoms with van der Waals surface area (Å²) in [6.07, 6.45) is -3.01. The Morgan fingerprint density at radius 1 is 0.705 bits per heavy atom. The lowest BCUT2D eigenvalue weighted by molar-refractivity contribution is -0.274. The smallest absolute Gasteiger partial charge is 0.508 e. The molecule has 0 radical (unpaired) electrons. The van der Waals surface area contributed by atoms with Gasteiger partial charge in [-0.2, -0.15) is 0 Å². The second kappa shape index (κ2) is 10.1. The monoisotopic (exact) mass is 602 g/mol. The number of halogens is 3. The van der Waals surface area contributed by atoms with Crippen LogP contribution in [-0.4, -0.2) is 35.1 Å². The van der Waals surface area contributed by atoms with E-state index in [9.17, 15) is 37.5 Å². The molecule has 7 rings (SSSR count). The highest BCUT2D eigenvalue weighted by molar-refractivity contribution is 6.24. The maximum Gasteiger partial charge on any atom is 0.573 e. The Hall–Kier alpha value is -4.93. The normalized spacial score (nSPS) is 28.0. The van der Waals surface area contributed by atoms with Crippen molar-refractivity contribution in [3.63, 3.8) is 0 Å². The summed E-state index contributed by atoms with van der Waals surface area (Å²) in [6.45, 7) is 0. The van der Waals surface area contributed by atoms with Crippen molar-refractivity contribution in [2.45, 2.75) is 25.1 Å². The molecule has 3 aromatic rings. The number of aromatic hydroxyl groups is 1. The van der Waals surface area contributed by atoms with Crippen LogP contribution in [0.4, 0.5) is 24.5 Å². The lowest BCUT2D eigenvalue weighted by atomic mass is 9.57. The first-order valence-electron chi connectivity index (χ1n) is 14.2. The largest absolute Gasteiger partial charge is 0.573 e. The molecule has 0 bridgehead atoms. The van der Waals surface area contributed by atoms with Crippen molar-refractivity contribution in [2.75, 3.05) is 9.80 Å². The van der Waals surface area contributed by atoms with Crippen LogP contribution in [0.1, 0.15) is 24.3 Å². The van der Waals surface area contributed by atoms with E-state index in [4.69, 9.17) is 0 Å². The number of para-hydroxylation sites is 2. The molecular weight excluding hydrogens is 577 g/mol. The molecule has 0 aromatic heterocycles. The number of imide groups is 2. The fourth-order valence-electron chi connectivity index (χ4n) is 7.58. The molecule has 4 aliphatic rings. The van der Waals surface area contributed by atoms with Gasteiger partial charge >= 0.3 is 6.36 Å². The van der Waals surface area contributed by atoms with Gasteiger partial charge in [0.2, 0.25) is 23.6 Å². The number of amides is 4. The summed E-state index contributed by atoms with van der Waals surface area (Å²) >= 11 is 0. The number of anilines is 2. The number of fused-ring (bicyclic) bond motifs is 4. The summed E-state index contributed by atoms with van der Waals surface area (Å²) in [7, 11) is 0. The van der Waals surface area contributed by atoms with E-state index in [1.807, 2.05) is 0 Å². The number of benzene rings is 3. The van der Waals surface area contributed by atoms with Gasteiger partial charge in [0.05, 0.1) is 35.0 Å². The minimum atomic E-state index is -5.01. The highest BCUT2D eigenvalue weighted by Crippen LogP contribution is 2.59. The quantitative estimate of drug-likeness (QED) is 0.320. The minimum absolute atomic E-state index is 0.0242. The second-order valence-electron chi connectivity index (χ2n) is 11.5. The third-order valence-corrected chi connectivity index (χ3v) is 9.24. The van der Waals surface area contributed by atoms with Gasteiger partial charge in [-0.05, 0) is 61.2 Å². The van der Waals surface area contributed by atoms with Crippen LogP contribution in [0.15, 0.2) is 90.5 Å². The van der Waals surface area contributed by atoms with Crippen molar-refractivity contribution in [2.24, 2.45) is 29.6 Å². The van der Waals surface area contributed by atoms with Crippen LogP contribution in [0.3, 0.4) is 0 Å². The zero-order valence-electron chi connectivity index (χ0n) is 23.0. The van der Waals surface area contributed by atoms with Crippen molar-refractivity contribution in [3.05, 3.63) is 96.1 Å². The molecule has 6 unspecified atom stereocenters. The molecule has 224 valence electrons. The minimum Gasteiger partial charge on any atom is -0.508 e. The van der Waals surface area contributed by atoms with Gasteiger partial charge in [-0.1, -0.05) is 48.0 Å². The number of carbonyl (C=O) groups excluding carboxylic acids is 4. The number of hydrogen-bond acceptors (Lipinski definition) is 6. The standard InChI is InChI=1S/C33H25F3N2O6/c34-33(35,36)44-19-11-14-25(39)23(15-19)26-20-12-13-21-27(31(42)37(29(21)40)17-7-3-1-4-8-17)22(20)16-24-28(26)32(43)38(30(24)41)18-9-5-2-6-10-18/h1-12,14-15,21-22,24,26-28,39H,13,16H2. The first-order valence-corrected chi connectivity index (χ1v) is 14.2. The molecule has 1 saturated carbocycles. The number of hydrogen-bond donors (Lipinski definition) is 1. The van der Waals surface area contributed by atoms with E-state index >= 15 is 0 Å². The molecule has 2 saturated heterocycles. The van der Waals surface area contributed by atoms with E-state index in [-0.39, 0.29) is 30.1 Å². The van der Waals surface area contributed by atoms with Crippen LogP contribution < -0.4 is 14.5 Å². The van der Waals surface area contributed by atoms with Crippen LogP contribution >= 0.6 is 0 Å². The molecular formula is C33H25F3N2O6. The Bertz CT molecular complexity index is 1720. The number of ether oxygens (including phenoxy) is 1. The van der Waals surface area contributed by atoms with Gasteiger partial charge < -0.3 is 9.84 Å². The maximum atomic E-state index is 14.1. The van der Waals surface area contributed by atoms with Crippen LogP contribution in [-0.2, 0) is 19.2 Å². The number of alkyl halides is 3. The van der Waals surface area contributed by atoms with Gasteiger partial charge in [-0.3, -0.25) is 29.0 Å². The molecule has 44 heavy (non-hydrogen) atoms. The fraction of sp³-hybridized carbons (Fsp3) is 0.273. The third-order valence-electron chi connectivity index (χ3n) is 9.24. The van der Waals surface area contributed by atoms with Gasteiger partial charge in [0.25, 0.3) is 0 Å². The van der Waals surface area contributed by atoms with E-state index in [1.165, 1.54) is 0 Å². The van der Waals surface area contributed by atoms with Crippen molar-refractivity contribution >= 4 is 35.0 Å². The number of phenols is 1. The van der Waals surface area contributed by atoms with E-state index < -0.39 is 65.3 Å². The number of allylic oxidation sites excluding steroid dienone is 2. The van der Waals surface area contributed by atoms with Crippen molar-refractivity contribution in [1.29, 1.82) is 0 Å². The highest BCUT2D eigenvalue weighted by atomic mass is 19.4. The molecule has 11 heteroatoms. The Morgan fingerprint density at radius 2 is 1.27 bits per heavy atom. The zero-order chi connectivity index (χ0) is 30.9. The number of phenolic OH excluding ortho intramolecular Hbond substituents is 1. The maximum absolute atomic E-state index is 14.1. The number of nitrogens with zero attached hydrogens (tertiary/aromatic N) is 2. The third kappa shape index (κ3) is 4.29. The van der Waals surface area contributed by atoms with Crippen LogP contribution in [0, 0.1) is 29.6 Å². The van der Waals surface area contributed by atoms with Crippen molar-refractivity contribution < 1.29 is 42.2 Å². The van der Waals surface area contributed by atoms with Gasteiger partial charge in [0, 0.05) is 11.5 Å². The Kier molecular flexibility index (Phi) is 6.38. The second-order valence-corrected chi connectivity index (χ2v) is 11.5. The lowest BCUT2D eigenvalue weighted by Crippen LogP contribution is -2.43. The molecule has 8 nitrogen and oxygen atoms in total. The SMILES string of the molecule is O=C1C2CC=C3C(CC4C(=O)N(c5ccccc5)C(=O)C4C3c3cc(OC(F)(F)F)ccc3O)C2C(=O)N1c1ccccc1. The molecule has 2 heterocycles. The summed E-state index contributed by atoms with van der Waals surface area (Å²) in [5.41, 5.74) is 1.27. The lowest BCUT2D eigenvalue weighted by Gasteiger charge is -2.44. The number of rotatable bonds is 4. The van der Waals surface area contributed by atoms with Gasteiger partial charge in [-0.15, -0.1) is 13.2 Å². The first kappa shape index (κ1) is 27.9. The average Bonchev–Trinajstić information content (AvgIpc) is 3.41. The van der Waals surface area contributed by atoms with E-state index in [1.54, 1.807) is 66.7 Å². The summed E-state index contributed by atoms with van der Waals surface area (Å²) in [5.74, 6) is -8.15. The fourth-order valence-corrected chi connectivity index (χ4v) is 7.58. The first-order chi connectivity index (χ1) is 21.0. The topological polar surface area (TPSA) is 104 Å². The molecule has 0 spiro atoms. The predicted octanol–water partition coefficient (Wildman–Crippen LogP) is 5.34. The molecule has 3 aromatic carbocycles. The van der Waals surface area contributed by atoms with Gasteiger partial charge in [-0.25, -0.2) is 0 Å². The Balaban J connectivity index is 1.36. The Morgan fingerprint density at radius 3 is 1.86 bits per heavy atom. The molecule has 2 aliphatic heterocycles. The summed E-state index contributed by atoms with van der Waals surface area (Å²) in [4.78, 5) is 57.8. The van der Waals surface area contributed by atoms with Crippen LogP contribution in [0.2, 0.25) is 0 Å². The number of carbonyl (C=O) groups is 4. The summed E-state index contributed by atoms with van der Waals surface area (Å²) < 4.78 is 43.7. The van der Waals surface area contributed by atoms with Crippen molar-refractivity contribution in [1.82, 2.24) is 0 Å². The molecule has 6 atom stereocenters. The zero-order valence-corrected chi connectivity index (χ0v) is 23.0. The van der Waals surface area contributed by atoms with Crippen LogP contribution in [0.25, 0.3) is 0 Å². The van der Waals surface area contributed by atoms with E-state index in [0.717, 1.165) is 28.0 Å². The molecule has 1 N–H and O–H groups in total. The van der Waals surface area contributed by atoms with Gasteiger partial charge in [0.15, 0.2) is 0 Å². The summed E-state index contributed by atoms with van der Waals surface area (Å²) in [6, 6.07) is 19.8. The van der Waals surface area contributed by atoms with Crippen molar-refractivity contribution in [3.8, 4) is 11.5 Å². The average molecular weight is 603 g/mol. The van der Waals surface area contributed by atoms with E-state index in [0.29, 0.717) is 16.9 Å². The molecule has 4 amide bonds. The van der Waals surface area contributed by atoms with E-state index in [2.05, 4.69) is 4.74 Å². The van der Waals surface area contributed by atoms with Gasteiger partial charge in [0.1, 0.15) is 11.5 Å². The molecule has 2 aliphatic carbocycles. The summed E-state index contributed by atoms with van der Waals surface area (Å²) in [5, 5.41) is 11.0. The predicted molar refractivity (Wildman–Crippen MR) is 150 cm³/mol. The van der Waals surface area contributed by atoms with Crippen LogP contribution in [0.5, 0.6) is 11.5 Å².